The van der Waals surface area contributed by atoms with Gasteiger partial charge in [0.05, 0.1) is 7.11 Å². The predicted molar refractivity (Wildman–Crippen MR) is 79.7 cm³/mol. The third-order valence-corrected chi connectivity index (χ3v) is 3.39. The average molecular weight is 248 g/mol. The van der Waals surface area contributed by atoms with Crippen molar-refractivity contribution in [1.82, 2.24) is 0 Å². The Hall–Kier alpha value is -2.28. The Kier molecular flexibility index (Phi) is 3.20. The van der Waals surface area contributed by atoms with E-state index in [1.54, 1.807) is 7.11 Å². The molecule has 1 heteroatoms. The topological polar surface area (TPSA) is 9.23 Å². The lowest BCUT2D eigenvalue weighted by molar-refractivity contribution is 0.415. The summed E-state index contributed by atoms with van der Waals surface area (Å²) in [5, 5.41) is 2.53. The molecule has 0 heterocycles. The van der Waals surface area contributed by atoms with Crippen molar-refractivity contribution in [3.63, 3.8) is 0 Å². The highest BCUT2D eigenvalue weighted by Crippen LogP contribution is 2.27. The molecule has 3 rings (SSSR count). The van der Waals surface area contributed by atoms with E-state index in [0.717, 1.165) is 12.2 Å². The van der Waals surface area contributed by atoms with Crippen LogP contribution in [0.1, 0.15) is 11.1 Å². The maximum atomic E-state index is 5.40. The van der Waals surface area contributed by atoms with Gasteiger partial charge in [-0.05, 0) is 40.5 Å². The van der Waals surface area contributed by atoms with Gasteiger partial charge in [0.1, 0.15) is 5.75 Å². The molecular weight excluding hydrogens is 232 g/mol. The molecule has 19 heavy (non-hydrogen) atoms. The number of ether oxygens (including phenoxy) is 1. The molecule has 0 aliphatic rings. The Morgan fingerprint density at radius 3 is 2.37 bits per heavy atom. The zero-order valence-corrected chi connectivity index (χ0v) is 11.0. The molecule has 3 aromatic rings. The average Bonchev–Trinajstić information content (AvgIpc) is 2.48. The van der Waals surface area contributed by atoms with E-state index in [1.165, 1.54) is 21.9 Å². The largest absolute Gasteiger partial charge is 0.497 e. The van der Waals surface area contributed by atoms with Gasteiger partial charge in [0, 0.05) is 0 Å². The molecule has 0 amide bonds. The first-order valence-electron chi connectivity index (χ1n) is 6.46. The molecular formula is C18H16O. The minimum Gasteiger partial charge on any atom is -0.497 e. The summed E-state index contributed by atoms with van der Waals surface area (Å²) in [7, 11) is 1.72. The molecule has 0 atom stereocenters. The van der Waals surface area contributed by atoms with Gasteiger partial charge in [-0.1, -0.05) is 54.6 Å². The van der Waals surface area contributed by atoms with Crippen LogP contribution in [0.4, 0.5) is 0 Å². The molecule has 0 radical (unpaired) electrons. The van der Waals surface area contributed by atoms with Crippen molar-refractivity contribution in [2.75, 3.05) is 7.11 Å². The third-order valence-electron chi connectivity index (χ3n) is 3.39. The number of methoxy groups -OCH3 is 1. The lowest BCUT2D eigenvalue weighted by Crippen LogP contribution is -1.92. The molecule has 94 valence electrons. The molecule has 0 saturated heterocycles. The Morgan fingerprint density at radius 2 is 1.58 bits per heavy atom. The van der Waals surface area contributed by atoms with E-state index >= 15 is 0 Å². The van der Waals surface area contributed by atoms with E-state index in [2.05, 4.69) is 60.7 Å². The molecule has 0 bridgehead atoms. The summed E-state index contributed by atoms with van der Waals surface area (Å²) in [5.74, 6) is 0.921. The molecule has 0 spiro atoms. The van der Waals surface area contributed by atoms with Gasteiger partial charge in [0.2, 0.25) is 0 Å². The first kappa shape index (κ1) is 11.8. The Bertz CT molecular complexity index is 686. The fraction of sp³-hybridized carbons (Fsp3) is 0.111. The van der Waals surface area contributed by atoms with E-state index < -0.39 is 0 Å². The zero-order chi connectivity index (χ0) is 13.1. The number of fused-ring (bicyclic) bond motifs is 1. The highest BCUT2D eigenvalue weighted by Gasteiger charge is 2.05. The lowest BCUT2D eigenvalue weighted by atomic mass is 9.98. The SMILES string of the molecule is COc1cc(Cc2ccccc2)c2ccccc2c1. The number of hydrogen-bond acceptors (Lipinski definition) is 1. The summed E-state index contributed by atoms with van der Waals surface area (Å²) in [6.07, 6.45) is 0.929. The van der Waals surface area contributed by atoms with Crippen LogP contribution in [0.3, 0.4) is 0 Å². The second kappa shape index (κ2) is 5.15. The zero-order valence-electron chi connectivity index (χ0n) is 11.0. The lowest BCUT2D eigenvalue weighted by Gasteiger charge is -2.10. The molecule has 0 saturated carbocycles. The maximum Gasteiger partial charge on any atom is 0.119 e. The summed E-state index contributed by atoms with van der Waals surface area (Å²) >= 11 is 0. The van der Waals surface area contributed by atoms with Crippen LogP contribution in [0.15, 0.2) is 66.7 Å². The van der Waals surface area contributed by atoms with E-state index in [4.69, 9.17) is 4.74 Å². The second-order valence-electron chi connectivity index (χ2n) is 4.67. The van der Waals surface area contributed by atoms with Gasteiger partial charge in [-0.15, -0.1) is 0 Å². The molecule has 0 unspecified atom stereocenters. The maximum absolute atomic E-state index is 5.40. The summed E-state index contributed by atoms with van der Waals surface area (Å²) in [5.41, 5.74) is 2.63. The Morgan fingerprint density at radius 1 is 0.842 bits per heavy atom. The van der Waals surface area contributed by atoms with Crippen LogP contribution in [0, 0.1) is 0 Å². The van der Waals surface area contributed by atoms with E-state index in [-0.39, 0.29) is 0 Å². The molecule has 0 aliphatic heterocycles. The van der Waals surface area contributed by atoms with E-state index in [1.807, 2.05) is 6.07 Å². The predicted octanol–water partition coefficient (Wildman–Crippen LogP) is 4.44. The highest BCUT2D eigenvalue weighted by molar-refractivity contribution is 5.87. The van der Waals surface area contributed by atoms with Crippen molar-refractivity contribution in [2.45, 2.75) is 6.42 Å². The van der Waals surface area contributed by atoms with E-state index in [9.17, 15) is 0 Å². The Balaban J connectivity index is 2.11. The minimum absolute atomic E-state index is 0.921. The van der Waals surface area contributed by atoms with Crippen LogP contribution in [-0.4, -0.2) is 7.11 Å². The van der Waals surface area contributed by atoms with Crippen LogP contribution >= 0.6 is 0 Å². The van der Waals surface area contributed by atoms with Crippen LogP contribution in [0.5, 0.6) is 5.75 Å². The number of rotatable bonds is 3. The van der Waals surface area contributed by atoms with Crippen molar-refractivity contribution in [3.05, 3.63) is 77.9 Å². The molecule has 0 aliphatic carbocycles. The van der Waals surface area contributed by atoms with Crippen molar-refractivity contribution < 1.29 is 4.74 Å². The van der Waals surface area contributed by atoms with Crippen molar-refractivity contribution >= 4 is 10.8 Å². The van der Waals surface area contributed by atoms with Gasteiger partial charge >= 0.3 is 0 Å². The summed E-state index contributed by atoms with van der Waals surface area (Å²) < 4.78 is 5.40. The van der Waals surface area contributed by atoms with Gasteiger partial charge < -0.3 is 4.74 Å². The Labute approximate surface area is 113 Å². The summed E-state index contributed by atoms with van der Waals surface area (Å²) in [6.45, 7) is 0. The molecule has 0 aromatic heterocycles. The number of benzene rings is 3. The third kappa shape index (κ3) is 2.45. The van der Waals surface area contributed by atoms with Crippen LogP contribution in [0.2, 0.25) is 0 Å². The van der Waals surface area contributed by atoms with Gasteiger partial charge in [-0.3, -0.25) is 0 Å². The quantitative estimate of drug-likeness (QED) is 0.666. The second-order valence-corrected chi connectivity index (χ2v) is 4.67. The molecule has 0 fully saturated rings. The van der Waals surface area contributed by atoms with E-state index in [0.29, 0.717) is 0 Å². The number of hydrogen-bond donors (Lipinski definition) is 0. The van der Waals surface area contributed by atoms with Crippen molar-refractivity contribution in [3.8, 4) is 5.75 Å². The van der Waals surface area contributed by atoms with Gasteiger partial charge in [-0.25, -0.2) is 0 Å². The van der Waals surface area contributed by atoms with Crippen molar-refractivity contribution in [1.29, 1.82) is 0 Å². The summed E-state index contributed by atoms with van der Waals surface area (Å²) in [4.78, 5) is 0. The minimum atomic E-state index is 0.921. The first-order chi connectivity index (χ1) is 9.36. The van der Waals surface area contributed by atoms with Crippen LogP contribution < -0.4 is 4.74 Å². The summed E-state index contributed by atoms with van der Waals surface area (Å²) in [6, 6.07) is 23.2. The monoisotopic (exact) mass is 248 g/mol. The van der Waals surface area contributed by atoms with Gasteiger partial charge in [-0.2, -0.15) is 0 Å². The fourth-order valence-corrected chi connectivity index (χ4v) is 2.44. The first-order valence-corrected chi connectivity index (χ1v) is 6.46. The molecule has 3 aromatic carbocycles. The van der Waals surface area contributed by atoms with Gasteiger partial charge in [0.25, 0.3) is 0 Å². The van der Waals surface area contributed by atoms with Crippen LogP contribution in [-0.2, 0) is 6.42 Å². The highest BCUT2D eigenvalue weighted by atomic mass is 16.5. The molecule has 0 N–H and O–H groups in total. The normalized spacial score (nSPS) is 10.6. The van der Waals surface area contributed by atoms with Gasteiger partial charge in [0.15, 0.2) is 0 Å². The standard InChI is InChI=1S/C18H16O/c1-19-17-12-15-9-5-6-10-18(15)16(13-17)11-14-7-3-2-4-8-14/h2-10,12-13H,11H2,1H3. The molecule has 1 nitrogen and oxygen atoms in total. The fourth-order valence-electron chi connectivity index (χ4n) is 2.44. The van der Waals surface area contributed by atoms with Crippen molar-refractivity contribution in [2.24, 2.45) is 0 Å². The van der Waals surface area contributed by atoms with Crippen LogP contribution in [0.25, 0.3) is 10.8 Å². The smallest absolute Gasteiger partial charge is 0.119 e.